The van der Waals surface area contributed by atoms with Crippen molar-refractivity contribution in [3.8, 4) is 11.3 Å². The van der Waals surface area contributed by atoms with E-state index in [0.29, 0.717) is 22.5 Å². The van der Waals surface area contributed by atoms with Gasteiger partial charge < -0.3 is 10.0 Å². The summed E-state index contributed by atoms with van der Waals surface area (Å²) in [5.41, 5.74) is 4.87. The Kier molecular flexibility index (Phi) is 4.90. The van der Waals surface area contributed by atoms with E-state index < -0.39 is 5.97 Å². The lowest BCUT2D eigenvalue weighted by Gasteiger charge is -2.32. The molecular formula is C24H17BrFN3O2. The maximum atomic E-state index is 13.6. The van der Waals surface area contributed by atoms with Crippen LogP contribution in [0, 0.1) is 5.82 Å². The Morgan fingerprint density at radius 2 is 1.81 bits per heavy atom. The van der Waals surface area contributed by atoms with E-state index in [0.717, 1.165) is 35.1 Å². The minimum atomic E-state index is -1.01. The zero-order valence-electron chi connectivity index (χ0n) is 16.3. The molecule has 31 heavy (non-hydrogen) atoms. The number of hydrogen-bond donors (Lipinski definition) is 1. The van der Waals surface area contributed by atoms with Crippen LogP contribution in [0.4, 0.5) is 15.9 Å². The number of anilines is 2. The topological polar surface area (TPSA) is 66.3 Å². The molecule has 0 aliphatic carbocycles. The molecule has 0 fully saturated rings. The predicted octanol–water partition coefficient (Wildman–Crippen LogP) is 5.98. The summed E-state index contributed by atoms with van der Waals surface area (Å²) >= 11 is 3.54. The van der Waals surface area contributed by atoms with Crippen LogP contribution < -0.4 is 4.90 Å². The highest BCUT2D eigenvalue weighted by Gasteiger charge is 2.24. The van der Waals surface area contributed by atoms with Gasteiger partial charge >= 0.3 is 5.97 Å². The number of fused-ring (bicyclic) bond motifs is 2. The van der Waals surface area contributed by atoms with Gasteiger partial charge in [-0.1, -0.05) is 15.9 Å². The van der Waals surface area contributed by atoms with E-state index in [1.807, 2.05) is 12.1 Å². The lowest BCUT2D eigenvalue weighted by Crippen LogP contribution is -2.26. The van der Waals surface area contributed by atoms with Crippen LogP contribution >= 0.6 is 15.9 Å². The Morgan fingerprint density at radius 3 is 2.58 bits per heavy atom. The quantitative estimate of drug-likeness (QED) is 0.393. The summed E-state index contributed by atoms with van der Waals surface area (Å²) in [5, 5.41) is 9.38. The van der Waals surface area contributed by atoms with Gasteiger partial charge in [0.15, 0.2) is 5.82 Å². The van der Waals surface area contributed by atoms with Crippen LogP contribution in [0.5, 0.6) is 0 Å². The zero-order chi connectivity index (χ0) is 21.5. The fourth-order valence-corrected chi connectivity index (χ4v) is 4.36. The normalized spacial score (nSPS) is 13.3. The first kappa shape index (κ1) is 19.6. The molecule has 1 aliphatic heterocycles. The molecular weight excluding hydrogens is 461 g/mol. The van der Waals surface area contributed by atoms with Gasteiger partial charge in [0.2, 0.25) is 0 Å². The van der Waals surface area contributed by atoms with E-state index in [2.05, 4.69) is 26.9 Å². The highest BCUT2D eigenvalue weighted by Crippen LogP contribution is 2.39. The van der Waals surface area contributed by atoms with Crippen molar-refractivity contribution in [2.24, 2.45) is 0 Å². The molecule has 5 nitrogen and oxygen atoms in total. The number of aromatic carboxylic acids is 1. The number of carbonyl (C=O) groups is 1. The Morgan fingerprint density at radius 1 is 1.00 bits per heavy atom. The highest BCUT2D eigenvalue weighted by atomic mass is 79.9. The molecule has 4 aromatic rings. The van der Waals surface area contributed by atoms with Gasteiger partial charge in [-0.2, -0.15) is 0 Å². The SMILES string of the molecule is O=C(O)c1ccc2nc(-c3ccc(F)cc3)c(N3CCCc4cc(Br)ccc43)nc2c1. The summed E-state index contributed by atoms with van der Waals surface area (Å²) in [6.45, 7) is 0.752. The summed E-state index contributed by atoms with van der Waals surface area (Å²) in [4.78, 5) is 23.2. The number of aryl methyl sites for hydroxylation is 1. The van der Waals surface area contributed by atoms with Gasteiger partial charge in [0.05, 0.1) is 16.6 Å². The molecule has 0 spiro atoms. The van der Waals surface area contributed by atoms with Gasteiger partial charge in [0, 0.05) is 22.3 Å². The smallest absolute Gasteiger partial charge is 0.335 e. The third-order valence-electron chi connectivity index (χ3n) is 5.43. The average molecular weight is 478 g/mol. The number of hydrogen-bond acceptors (Lipinski definition) is 4. The van der Waals surface area contributed by atoms with Gasteiger partial charge in [0.25, 0.3) is 0 Å². The predicted molar refractivity (Wildman–Crippen MR) is 121 cm³/mol. The van der Waals surface area contributed by atoms with Gasteiger partial charge in [-0.25, -0.2) is 19.2 Å². The fraction of sp³-hybridized carbons (Fsp3) is 0.125. The van der Waals surface area contributed by atoms with E-state index in [-0.39, 0.29) is 11.4 Å². The molecule has 5 rings (SSSR count). The summed E-state index contributed by atoms with van der Waals surface area (Å²) in [6.07, 6.45) is 1.91. The van der Waals surface area contributed by atoms with Gasteiger partial charge in [-0.15, -0.1) is 0 Å². The molecule has 3 aromatic carbocycles. The van der Waals surface area contributed by atoms with Crippen LogP contribution in [0.15, 0.2) is 65.1 Å². The number of carboxylic acids is 1. The zero-order valence-corrected chi connectivity index (χ0v) is 17.9. The largest absolute Gasteiger partial charge is 0.478 e. The minimum Gasteiger partial charge on any atom is -0.478 e. The van der Waals surface area contributed by atoms with Crippen LogP contribution in [-0.4, -0.2) is 27.6 Å². The van der Waals surface area contributed by atoms with E-state index >= 15 is 0 Å². The van der Waals surface area contributed by atoms with Crippen molar-refractivity contribution in [2.75, 3.05) is 11.4 Å². The first-order valence-electron chi connectivity index (χ1n) is 9.86. The third-order valence-corrected chi connectivity index (χ3v) is 5.92. The van der Waals surface area contributed by atoms with Crippen molar-refractivity contribution in [3.05, 3.63) is 82.1 Å². The van der Waals surface area contributed by atoms with Gasteiger partial charge in [-0.05, 0) is 79.1 Å². The van der Waals surface area contributed by atoms with E-state index in [1.54, 1.807) is 18.2 Å². The fourth-order valence-electron chi connectivity index (χ4n) is 3.95. The molecule has 0 radical (unpaired) electrons. The lowest BCUT2D eigenvalue weighted by atomic mass is 10.0. The number of benzene rings is 3. The Labute approximate surface area is 186 Å². The molecule has 7 heteroatoms. The molecule has 0 saturated carbocycles. The van der Waals surface area contributed by atoms with Crippen LogP contribution in [-0.2, 0) is 6.42 Å². The number of halogens is 2. The van der Waals surface area contributed by atoms with Crippen molar-refractivity contribution < 1.29 is 14.3 Å². The third kappa shape index (κ3) is 3.65. The Hall–Kier alpha value is -3.32. The number of carboxylic acid groups (broad SMARTS) is 1. The van der Waals surface area contributed by atoms with Crippen LogP contribution in [0.1, 0.15) is 22.3 Å². The molecule has 1 aliphatic rings. The Balaban J connectivity index is 1.76. The molecule has 154 valence electrons. The number of aromatic nitrogens is 2. The second-order valence-electron chi connectivity index (χ2n) is 7.44. The number of nitrogens with zero attached hydrogens (tertiary/aromatic N) is 3. The molecule has 1 N–H and O–H groups in total. The van der Waals surface area contributed by atoms with Crippen LogP contribution in [0.25, 0.3) is 22.3 Å². The Bertz CT molecular complexity index is 1320. The van der Waals surface area contributed by atoms with Crippen LogP contribution in [0.3, 0.4) is 0 Å². The van der Waals surface area contributed by atoms with Crippen molar-refractivity contribution in [2.45, 2.75) is 12.8 Å². The van der Waals surface area contributed by atoms with Crippen molar-refractivity contribution >= 4 is 44.4 Å². The molecule has 0 bridgehead atoms. The van der Waals surface area contributed by atoms with E-state index in [9.17, 15) is 14.3 Å². The molecule has 0 saturated heterocycles. The molecule has 0 amide bonds. The first-order chi connectivity index (χ1) is 15.0. The summed E-state index contributed by atoms with van der Waals surface area (Å²) < 4.78 is 14.6. The summed E-state index contributed by atoms with van der Waals surface area (Å²) in [5.74, 6) is -0.704. The average Bonchev–Trinajstić information content (AvgIpc) is 2.77. The highest BCUT2D eigenvalue weighted by molar-refractivity contribution is 9.10. The standard InChI is InChI=1S/C24H17BrFN3O2/c25-17-6-10-21-15(12-17)2-1-11-29(21)23-22(14-3-7-18(26)8-4-14)27-19-9-5-16(24(30)31)13-20(19)28-23/h3-10,12-13H,1-2,11H2,(H,30,31). The van der Waals surface area contributed by atoms with E-state index in [1.165, 1.54) is 29.8 Å². The second kappa shape index (κ2) is 7.74. The molecule has 0 unspecified atom stereocenters. The second-order valence-corrected chi connectivity index (χ2v) is 8.36. The maximum absolute atomic E-state index is 13.6. The first-order valence-corrected chi connectivity index (χ1v) is 10.7. The summed E-state index contributed by atoms with van der Waals surface area (Å²) in [7, 11) is 0. The molecule has 2 heterocycles. The minimum absolute atomic E-state index is 0.158. The van der Waals surface area contributed by atoms with Crippen LogP contribution in [0.2, 0.25) is 0 Å². The van der Waals surface area contributed by atoms with Crippen molar-refractivity contribution in [1.82, 2.24) is 9.97 Å². The van der Waals surface area contributed by atoms with E-state index in [4.69, 9.17) is 9.97 Å². The van der Waals surface area contributed by atoms with Crippen molar-refractivity contribution in [3.63, 3.8) is 0 Å². The monoisotopic (exact) mass is 477 g/mol. The summed E-state index contributed by atoms with van der Waals surface area (Å²) in [6, 6.07) is 17.0. The number of rotatable bonds is 3. The molecule has 1 aromatic heterocycles. The van der Waals surface area contributed by atoms with Gasteiger partial charge in [0.1, 0.15) is 11.5 Å². The maximum Gasteiger partial charge on any atom is 0.335 e. The lowest BCUT2D eigenvalue weighted by molar-refractivity contribution is 0.0697. The van der Waals surface area contributed by atoms with Gasteiger partial charge in [-0.3, -0.25) is 0 Å². The molecule has 0 atom stereocenters. The van der Waals surface area contributed by atoms with Crippen molar-refractivity contribution in [1.29, 1.82) is 0 Å².